The van der Waals surface area contributed by atoms with Crippen molar-refractivity contribution in [3.8, 4) is 16.9 Å². The van der Waals surface area contributed by atoms with Crippen molar-refractivity contribution in [3.63, 3.8) is 0 Å². The van der Waals surface area contributed by atoms with Crippen molar-refractivity contribution in [2.75, 3.05) is 0 Å². The number of benzene rings is 2. The molecular weight excluding hydrogens is 229 g/mol. The highest BCUT2D eigenvalue weighted by atomic mass is 19.4. The second-order valence-corrected chi connectivity index (χ2v) is 3.36. The van der Waals surface area contributed by atoms with E-state index in [0.29, 0.717) is 0 Å². The Morgan fingerprint density at radius 1 is 0.882 bits per heavy atom. The smallest absolute Gasteiger partial charge is 0.405 e. The summed E-state index contributed by atoms with van der Waals surface area (Å²) in [5.41, 5.74) is 1.71. The summed E-state index contributed by atoms with van der Waals surface area (Å²) in [4.78, 5) is 0. The van der Waals surface area contributed by atoms with Gasteiger partial charge in [0.15, 0.2) is 0 Å². The number of halogens is 3. The first-order chi connectivity index (χ1) is 8.04. The zero-order valence-corrected chi connectivity index (χ0v) is 8.66. The van der Waals surface area contributed by atoms with Gasteiger partial charge in [-0.25, -0.2) is 0 Å². The molecule has 0 unspecified atom stereocenters. The molecule has 0 spiro atoms. The van der Waals surface area contributed by atoms with Gasteiger partial charge in [-0.05, 0) is 23.3 Å². The van der Waals surface area contributed by atoms with E-state index in [9.17, 15) is 13.2 Å². The van der Waals surface area contributed by atoms with Crippen LogP contribution in [0.4, 0.5) is 13.2 Å². The zero-order valence-electron chi connectivity index (χ0n) is 8.66. The van der Waals surface area contributed by atoms with Crippen molar-refractivity contribution in [2.45, 2.75) is 6.36 Å². The van der Waals surface area contributed by atoms with Crippen LogP contribution >= 0.6 is 0 Å². The molecule has 2 aromatic rings. The summed E-state index contributed by atoms with van der Waals surface area (Å²) < 4.78 is 39.5. The Morgan fingerprint density at radius 3 is 2.12 bits per heavy atom. The molecule has 0 fully saturated rings. The zero-order chi connectivity index (χ0) is 12.3. The van der Waals surface area contributed by atoms with Gasteiger partial charge in [-0.15, -0.1) is 13.2 Å². The van der Waals surface area contributed by atoms with Gasteiger partial charge in [0.25, 0.3) is 0 Å². The minimum atomic E-state index is -4.68. The van der Waals surface area contributed by atoms with Gasteiger partial charge in [-0.3, -0.25) is 0 Å². The average Bonchev–Trinajstić information content (AvgIpc) is 2.29. The predicted octanol–water partition coefficient (Wildman–Crippen LogP) is 4.05. The molecule has 0 N–H and O–H groups in total. The van der Waals surface area contributed by atoms with Gasteiger partial charge in [0.1, 0.15) is 5.75 Å². The SMILES string of the molecule is FC(F)(F)Oc1[c]cc(-c2ccccc2)cc1. The van der Waals surface area contributed by atoms with E-state index in [1.54, 1.807) is 6.07 Å². The van der Waals surface area contributed by atoms with Gasteiger partial charge in [-0.2, -0.15) is 0 Å². The predicted molar refractivity (Wildman–Crippen MR) is 57.4 cm³/mol. The first-order valence-electron chi connectivity index (χ1n) is 4.87. The van der Waals surface area contributed by atoms with Crippen LogP contribution in [0.25, 0.3) is 11.1 Å². The lowest BCUT2D eigenvalue weighted by molar-refractivity contribution is -0.274. The van der Waals surface area contributed by atoms with Crippen LogP contribution < -0.4 is 4.74 Å². The van der Waals surface area contributed by atoms with Gasteiger partial charge < -0.3 is 4.74 Å². The molecule has 0 amide bonds. The van der Waals surface area contributed by atoms with Crippen molar-refractivity contribution < 1.29 is 17.9 Å². The minimum absolute atomic E-state index is 0.336. The maximum Gasteiger partial charge on any atom is 0.573 e. The van der Waals surface area contributed by atoms with Crippen molar-refractivity contribution in [1.82, 2.24) is 0 Å². The van der Waals surface area contributed by atoms with Crippen LogP contribution in [0, 0.1) is 6.07 Å². The maximum atomic E-state index is 11.9. The van der Waals surface area contributed by atoms with Gasteiger partial charge in [0.2, 0.25) is 0 Å². The van der Waals surface area contributed by atoms with Crippen LogP contribution in [0.3, 0.4) is 0 Å². The minimum Gasteiger partial charge on any atom is -0.405 e. The molecule has 1 radical (unpaired) electrons. The molecular formula is C13H8F3O. The fourth-order valence-corrected chi connectivity index (χ4v) is 1.41. The molecule has 0 atom stereocenters. The first kappa shape index (κ1) is 11.5. The van der Waals surface area contributed by atoms with Gasteiger partial charge in [-0.1, -0.05) is 36.4 Å². The maximum absolute atomic E-state index is 11.9. The summed E-state index contributed by atoms with van der Waals surface area (Å²) >= 11 is 0. The number of alkyl halides is 3. The van der Waals surface area contributed by atoms with E-state index in [-0.39, 0.29) is 5.75 Å². The molecule has 2 aromatic carbocycles. The van der Waals surface area contributed by atoms with Crippen molar-refractivity contribution >= 4 is 0 Å². The van der Waals surface area contributed by atoms with E-state index in [1.807, 2.05) is 30.3 Å². The molecule has 17 heavy (non-hydrogen) atoms. The topological polar surface area (TPSA) is 9.23 Å². The van der Waals surface area contributed by atoms with Crippen LogP contribution in [0.2, 0.25) is 0 Å². The lowest BCUT2D eigenvalue weighted by atomic mass is 10.1. The third kappa shape index (κ3) is 3.24. The van der Waals surface area contributed by atoms with Crippen LogP contribution in [0.1, 0.15) is 0 Å². The largest absolute Gasteiger partial charge is 0.573 e. The molecule has 87 valence electrons. The second kappa shape index (κ2) is 4.49. The Morgan fingerprint density at radius 2 is 1.59 bits per heavy atom. The Balaban J connectivity index is 2.19. The summed E-state index contributed by atoms with van der Waals surface area (Å²) in [5.74, 6) is -0.336. The lowest BCUT2D eigenvalue weighted by Gasteiger charge is -2.08. The molecule has 4 heteroatoms. The summed E-state index contributed by atoms with van der Waals surface area (Å²) in [6.07, 6.45) is -4.68. The normalized spacial score (nSPS) is 11.2. The quantitative estimate of drug-likeness (QED) is 0.765. The van der Waals surface area contributed by atoms with Crippen LogP contribution in [0.5, 0.6) is 5.75 Å². The lowest BCUT2D eigenvalue weighted by Crippen LogP contribution is -2.17. The third-order valence-electron chi connectivity index (χ3n) is 2.12. The van der Waals surface area contributed by atoms with Gasteiger partial charge >= 0.3 is 6.36 Å². The van der Waals surface area contributed by atoms with Crippen molar-refractivity contribution in [1.29, 1.82) is 0 Å². The van der Waals surface area contributed by atoms with Crippen molar-refractivity contribution in [2.24, 2.45) is 0 Å². The standard InChI is InChI=1S/C13H8F3O/c14-13(15,16)17-12-8-6-11(7-9-12)10-4-2-1-3-5-10/h1-8H. The molecule has 0 aliphatic carbocycles. The molecule has 0 heterocycles. The number of rotatable bonds is 2. The molecule has 2 rings (SSSR count). The van der Waals surface area contributed by atoms with E-state index in [0.717, 1.165) is 11.1 Å². The molecule has 0 saturated heterocycles. The average molecular weight is 237 g/mol. The number of hydrogen-bond donors (Lipinski definition) is 0. The second-order valence-electron chi connectivity index (χ2n) is 3.36. The molecule has 0 aromatic heterocycles. The van der Waals surface area contributed by atoms with Gasteiger partial charge in [0, 0.05) is 6.07 Å². The van der Waals surface area contributed by atoms with Gasteiger partial charge in [0.05, 0.1) is 0 Å². The van der Waals surface area contributed by atoms with Crippen LogP contribution in [0.15, 0.2) is 48.5 Å². The highest BCUT2D eigenvalue weighted by Gasteiger charge is 2.31. The van der Waals surface area contributed by atoms with Crippen LogP contribution in [-0.4, -0.2) is 6.36 Å². The van der Waals surface area contributed by atoms with E-state index in [4.69, 9.17) is 0 Å². The fourth-order valence-electron chi connectivity index (χ4n) is 1.41. The Kier molecular flexibility index (Phi) is 3.04. The van der Waals surface area contributed by atoms with E-state index >= 15 is 0 Å². The molecule has 0 aliphatic heterocycles. The molecule has 1 nitrogen and oxygen atoms in total. The molecule has 0 aliphatic rings. The van der Waals surface area contributed by atoms with E-state index in [1.165, 1.54) is 12.1 Å². The number of ether oxygens (including phenoxy) is 1. The monoisotopic (exact) mass is 237 g/mol. The summed E-state index contributed by atoms with van der Waals surface area (Å²) in [7, 11) is 0. The fraction of sp³-hybridized carbons (Fsp3) is 0.0769. The Bertz CT molecular complexity index is 474. The Hall–Kier alpha value is -1.97. The molecule has 0 bridgehead atoms. The van der Waals surface area contributed by atoms with Crippen molar-refractivity contribution in [3.05, 3.63) is 54.6 Å². The van der Waals surface area contributed by atoms with E-state index < -0.39 is 6.36 Å². The number of hydrogen-bond acceptors (Lipinski definition) is 1. The van der Waals surface area contributed by atoms with E-state index in [2.05, 4.69) is 10.8 Å². The summed E-state index contributed by atoms with van der Waals surface area (Å²) in [5, 5.41) is 0. The Labute approximate surface area is 96.5 Å². The summed E-state index contributed by atoms with van der Waals surface area (Å²) in [6.45, 7) is 0. The highest BCUT2D eigenvalue weighted by Crippen LogP contribution is 2.25. The molecule has 0 saturated carbocycles. The highest BCUT2D eigenvalue weighted by molar-refractivity contribution is 5.63. The third-order valence-corrected chi connectivity index (χ3v) is 2.12. The van der Waals surface area contributed by atoms with Crippen LogP contribution in [-0.2, 0) is 0 Å². The first-order valence-corrected chi connectivity index (χ1v) is 4.87. The summed E-state index contributed by atoms with van der Waals surface area (Å²) in [6, 6.07) is 16.0.